The molecular formula is C21H20O11. The summed E-state index contributed by atoms with van der Waals surface area (Å²) in [4.78, 5) is 13.3. The Labute approximate surface area is 179 Å². The molecule has 3 aromatic rings. The van der Waals surface area contributed by atoms with Gasteiger partial charge in [-0.05, 0) is 25.1 Å². The number of aliphatic hydroxyl groups is 3. The van der Waals surface area contributed by atoms with Crippen molar-refractivity contribution in [2.24, 2.45) is 0 Å². The van der Waals surface area contributed by atoms with Gasteiger partial charge in [-0.25, -0.2) is 0 Å². The largest absolute Gasteiger partial charge is 0.507 e. The van der Waals surface area contributed by atoms with Gasteiger partial charge in [-0.1, -0.05) is 0 Å². The Morgan fingerprint density at radius 2 is 1.66 bits per heavy atom. The molecule has 0 bridgehead atoms. The number of phenols is 4. The SMILES string of the molecule is Cc1c(O)cc(O)c2c(=O)c(O[C@@H]3OC[C@H](O)[C@H](O)[C@H]3O)c(-c3ccc(O)c(O)c3)oc12. The highest BCUT2D eigenvalue weighted by Gasteiger charge is 2.40. The van der Waals surface area contributed by atoms with Gasteiger partial charge in [0.25, 0.3) is 0 Å². The summed E-state index contributed by atoms with van der Waals surface area (Å²) in [7, 11) is 0. The molecule has 0 radical (unpaired) electrons. The first-order chi connectivity index (χ1) is 15.1. The van der Waals surface area contributed by atoms with Crippen molar-refractivity contribution in [3.63, 3.8) is 0 Å². The van der Waals surface area contributed by atoms with E-state index in [1.807, 2.05) is 0 Å². The van der Waals surface area contributed by atoms with Crippen LogP contribution in [0.1, 0.15) is 5.56 Å². The normalized spacial score (nSPS) is 23.4. The third kappa shape index (κ3) is 3.46. The van der Waals surface area contributed by atoms with E-state index in [4.69, 9.17) is 13.9 Å². The van der Waals surface area contributed by atoms with Crippen molar-refractivity contribution >= 4 is 11.0 Å². The molecule has 32 heavy (non-hydrogen) atoms. The quantitative estimate of drug-likeness (QED) is 0.275. The van der Waals surface area contributed by atoms with E-state index in [0.29, 0.717) is 0 Å². The highest BCUT2D eigenvalue weighted by atomic mass is 16.7. The smallest absolute Gasteiger partial charge is 0.239 e. The molecule has 1 fully saturated rings. The molecule has 7 N–H and O–H groups in total. The number of hydrogen-bond donors (Lipinski definition) is 7. The van der Waals surface area contributed by atoms with Crippen molar-refractivity contribution in [1.82, 2.24) is 0 Å². The van der Waals surface area contributed by atoms with E-state index < -0.39 is 59.6 Å². The Kier molecular flexibility index (Phi) is 5.34. The van der Waals surface area contributed by atoms with Crippen LogP contribution in [-0.2, 0) is 4.74 Å². The van der Waals surface area contributed by atoms with Crippen molar-refractivity contribution in [3.05, 3.63) is 40.1 Å². The minimum atomic E-state index is -1.73. The van der Waals surface area contributed by atoms with Crippen LogP contribution in [0.3, 0.4) is 0 Å². The van der Waals surface area contributed by atoms with Crippen molar-refractivity contribution in [2.45, 2.75) is 31.5 Å². The second-order valence-corrected chi connectivity index (χ2v) is 7.40. The van der Waals surface area contributed by atoms with Crippen LogP contribution < -0.4 is 10.2 Å². The topological polar surface area (TPSA) is 190 Å². The summed E-state index contributed by atoms with van der Waals surface area (Å²) in [6.45, 7) is 1.06. The van der Waals surface area contributed by atoms with Crippen molar-refractivity contribution in [2.75, 3.05) is 6.61 Å². The molecule has 170 valence electrons. The van der Waals surface area contributed by atoms with Crippen LogP contribution >= 0.6 is 0 Å². The zero-order chi connectivity index (χ0) is 23.3. The lowest BCUT2D eigenvalue weighted by molar-refractivity contribution is -0.242. The Balaban J connectivity index is 1.96. The van der Waals surface area contributed by atoms with Crippen LogP contribution in [-0.4, -0.2) is 67.0 Å². The fourth-order valence-electron chi connectivity index (χ4n) is 3.40. The van der Waals surface area contributed by atoms with Gasteiger partial charge in [-0.3, -0.25) is 4.79 Å². The second-order valence-electron chi connectivity index (χ2n) is 7.40. The van der Waals surface area contributed by atoms with Gasteiger partial charge < -0.3 is 49.6 Å². The van der Waals surface area contributed by atoms with Crippen LogP contribution in [0, 0.1) is 6.92 Å². The van der Waals surface area contributed by atoms with Crippen LogP contribution in [0.4, 0.5) is 0 Å². The zero-order valence-corrected chi connectivity index (χ0v) is 16.6. The lowest BCUT2D eigenvalue weighted by Crippen LogP contribution is -2.55. The van der Waals surface area contributed by atoms with E-state index in [1.54, 1.807) is 0 Å². The molecule has 1 saturated heterocycles. The lowest BCUT2D eigenvalue weighted by atomic mass is 10.0. The molecule has 11 nitrogen and oxygen atoms in total. The van der Waals surface area contributed by atoms with E-state index in [-0.39, 0.29) is 33.6 Å². The summed E-state index contributed by atoms with van der Waals surface area (Å²) in [5.41, 5.74) is -0.852. The van der Waals surface area contributed by atoms with E-state index in [1.165, 1.54) is 13.0 Å². The third-order valence-corrected chi connectivity index (χ3v) is 5.25. The Hall–Kier alpha value is -3.51. The van der Waals surface area contributed by atoms with E-state index in [2.05, 4.69) is 0 Å². The number of fused-ring (bicyclic) bond motifs is 1. The molecular weight excluding hydrogens is 428 g/mol. The summed E-state index contributed by atoms with van der Waals surface area (Å²) in [5.74, 6) is -2.72. The molecule has 2 aromatic carbocycles. The van der Waals surface area contributed by atoms with E-state index in [0.717, 1.165) is 18.2 Å². The molecule has 0 unspecified atom stereocenters. The molecule has 4 rings (SSSR count). The molecule has 1 aliphatic heterocycles. The van der Waals surface area contributed by atoms with Crippen LogP contribution in [0.2, 0.25) is 0 Å². The van der Waals surface area contributed by atoms with Gasteiger partial charge in [0.1, 0.15) is 40.8 Å². The molecule has 0 saturated carbocycles. The third-order valence-electron chi connectivity index (χ3n) is 5.25. The van der Waals surface area contributed by atoms with Crippen molar-refractivity contribution < 1.29 is 49.6 Å². The first kappa shape index (κ1) is 21.7. The van der Waals surface area contributed by atoms with Crippen molar-refractivity contribution in [1.29, 1.82) is 0 Å². The number of aromatic hydroxyl groups is 4. The van der Waals surface area contributed by atoms with Gasteiger partial charge in [0, 0.05) is 17.2 Å². The van der Waals surface area contributed by atoms with Gasteiger partial charge in [-0.2, -0.15) is 0 Å². The number of phenolic OH excluding ortho intramolecular Hbond substituents is 4. The van der Waals surface area contributed by atoms with Crippen molar-refractivity contribution in [3.8, 4) is 40.1 Å². The highest BCUT2D eigenvalue weighted by molar-refractivity contribution is 5.91. The average molecular weight is 448 g/mol. The molecule has 1 aromatic heterocycles. The van der Waals surface area contributed by atoms with Gasteiger partial charge in [0.15, 0.2) is 17.3 Å². The Morgan fingerprint density at radius 3 is 2.34 bits per heavy atom. The van der Waals surface area contributed by atoms with Gasteiger partial charge in [0.05, 0.1) is 6.61 Å². The minimum absolute atomic E-state index is 0.0717. The minimum Gasteiger partial charge on any atom is -0.507 e. The predicted octanol–water partition coefficient (Wildman–Crippen LogP) is 0.409. The number of aryl methyl sites for hydroxylation is 1. The Morgan fingerprint density at radius 1 is 0.938 bits per heavy atom. The monoisotopic (exact) mass is 448 g/mol. The molecule has 0 aliphatic carbocycles. The summed E-state index contributed by atoms with van der Waals surface area (Å²) < 4.78 is 16.5. The molecule has 0 spiro atoms. The first-order valence-electron chi connectivity index (χ1n) is 9.47. The zero-order valence-electron chi connectivity index (χ0n) is 16.6. The van der Waals surface area contributed by atoms with E-state index in [9.17, 15) is 40.5 Å². The first-order valence-corrected chi connectivity index (χ1v) is 9.47. The number of aliphatic hydroxyl groups excluding tert-OH is 3. The van der Waals surface area contributed by atoms with Gasteiger partial charge in [0.2, 0.25) is 17.5 Å². The molecule has 4 atom stereocenters. The van der Waals surface area contributed by atoms with Gasteiger partial charge >= 0.3 is 0 Å². The number of rotatable bonds is 3. The average Bonchev–Trinajstić information content (AvgIpc) is 2.75. The summed E-state index contributed by atoms with van der Waals surface area (Å²) in [6.07, 6.45) is -6.31. The van der Waals surface area contributed by atoms with Gasteiger partial charge in [-0.15, -0.1) is 0 Å². The van der Waals surface area contributed by atoms with Crippen LogP contribution in [0.25, 0.3) is 22.3 Å². The maximum absolute atomic E-state index is 13.3. The molecule has 0 amide bonds. The maximum Gasteiger partial charge on any atom is 0.239 e. The molecule has 2 heterocycles. The second kappa shape index (κ2) is 7.88. The maximum atomic E-state index is 13.3. The summed E-state index contributed by atoms with van der Waals surface area (Å²) >= 11 is 0. The molecule has 1 aliphatic rings. The summed E-state index contributed by atoms with van der Waals surface area (Å²) in [5, 5.41) is 69.2. The van der Waals surface area contributed by atoms with E-state index >= 15 is 0 Å². The number of benzene rings is 2. The number of ether oxygens (including phenoxy) is 2. The highest BCUT2D eigenvalue weighted by Crippen LogP contribution is 2.40. The predicted molar refractivity (Wildman–Crippen MR) is 108 cm³/mol. The standard InChI is InChI=1S/C21H20O11/c1-7-10(23)5-12(25)14-16(28)20(32-21-17(29)15(27)13(26)6-30-21)19(31-18(7)14)8-2-3-9(22)11(24)4-8/h2-5,13,15,17,21-27,29H,6H2,1H3/t13-,15-,17+,21-/m0/s1. The van der Waals surface area contributed by atoms with Crippen LogP contribution in [0.5, 0.6) is 28.7 Å². The van der Waals surface area contributed by atoms with Crippen LogP contribution in [0.15, 0.2) is 33.5 Å². The fourth-order valence-corrected chi connectivity index (χ4v) is 3.40. The summed E-state index contributed by atoms with van der Waals surface area (Å²) in [6, 6.07) is 4.48. The molecule has 11 heteroatoms. The lowest BCUT2D eigenvalue weighted by Gasteiger charge is -2.34. The number of hydrogen-bond acceptors (Lipinski definition) is 11. The Bertz CT molecular complexity index is 1250. The fraction of sp³-hybridized carbons (Fsp3) is 0.286.